The van der Waals surface area contributed by atoms with Crippen molar-refractivity contribution >= 4 is 86.0 Å². The number of aliphatic hydroxyl groups is 1. The topological polar surface area (TPSA) is 88.9 Å². The van der Waals surface area contributed by atoms with E-state index >= 15 is 0 Å². The van der Waals surface area contributed by atoms with Gasteiger partial charge in [-0.25, -0.2) is 0 Å². The van der Waals surface area contributed by atoms with Crippen molar-refractivity contribution in [3.63, 3.8) is 0 Å². The summed E-state index contributed by atoms with van der Waals surface area (Å²) >= 11 is 3.96. The van der Waals surface area contributed by atoms with Crippen LogP contribution in [0, 0.1) is 30.2 Å². The minimum Gasteiger partial charge on any atom is -0.304 e. The van der Waals surface area contributed by atoms with Crippen molar-refractivity contribution in [3.05, 3.63) is 297 Å². The average molecular weight is 1870 g/mol. The van der Waals surface area contributed by atoms with Crippen LogP contribution in [0.2, 0.25) is 19.6 Å². The van der Waals surface area contributed by atoms with Crippen LogP contribution in [-0.4, -0.2) is 53.4 Å². The molecule has 1 N–H and O–H groups in total. The molecule has 7 heterocycles. The molecule has 14 aromatic rings. The zero-order valence-electron chi connectivity index (χ0n) is 52.5. The summed E-state index contributed by atoms with van der Waals surface area (Å²) in [6.07, 6.45) is 10.3. The molecular weight excluding hydrogens is 1800 g/mol. The summed E-state index contributed by atoms with van der Waals surface area (Å²) in [7, 11) is -1.34. The van der Waals surface area contributed by atoms with Crippen LogP contribution in [0.25, 0.3) is 106 Å². The summed E-state index contributed by atoms with van der Waals surface area (Å²) in [6.45, 7) is 14.6. The smallest absolute Gasteiger partial charge is 0.0355 e. The van der Waals surface area contributed by atoms with E-state index < -0.39 is 8.07 Å². The number of allylic oxidation sites excluding steroid dienone is 2. The van der Waals surface area contributed by atoms with E-state index in [-0.39, 0.29) is 71.9 Å². The van der Waals surface area contributed by atoms with Gasteiger partial charge in [0.05, 0.1) is 13.8 Å². The quantitative estimate of drug-likeness (QED) is 0.0601. The molecule has 3 radical (unpaired) electrons. The first-order chi connectivity index (χ1) is 43.7. The van der Waals surface area contributed by atoms with Gasteiger partial charge in [0, 0.05) is 115 Å². The minimum atomic E-state index is -1.34. The maximum atomic E-state index is 10.0. The largest absolute Gasteiger partial charge is 0.304 e. The molecule has 0 unspecified atom stereocenters. The number of benzene rings is 7. The number of aromatic nitrogens is 4. The van der Waals surface area contributed by atoms with Crippen molar-refractivity contribution in [3.8, 4) is 75.9 Å². The minimum absolute atomic E-state index is 0. The first-order valence-electron chi connectivity index (χ1n) is 29.8. The van der Waals surface area contributed by atoms with Gasteiger partial charge in [-0.3, -0.25) is 4.79 Å². The van der Waals surface area contributed by atoms with E-state index in [9.17, 15) is 4.79 Å². The molecule has 0 aliphatic heterocycles. The zero-order valence-corrected chi connectivity index (χ0v) is 64.0. The summed E-state index contributed by atoms with van der Waals surface area (Å²) < 4.78 is 5.31. The number of aliphatic hydroxyl groups excluding tert-OH is 1. The van der Waals surface area contributed by atoms with Crippen LogP contribution in [0.5, 0.6) is 0 Å². The number of nitrogens with zero attached hydrogens (tertiary/aromatic N) is 4. The van der Waals surface area contributed by atoms with Crippen LogP contribution in [0.1, 0.15) is 33.3 Å². The molecule has 0 spiro atoms. The van der Waals surface area contributed by atoms with E-state index in [0.717, 1.165) is 51.5 Å². The number of carbonyl (C=O) groups excluding carboxylic acids is 1. The van der Waals surface area contributed by atoms with Crippen LogP contribution >= 0.6 is 22.7 Å². The summed E-state index contributed by atoms with van der Waals surface area (Å²) in [5.74, 6) is 0.604. The first kappa shape index (κ1) is 73.1. The number of fused-ring (bicyclic) bond motifs is 3. The number of thiophene rings is 2. The molecule has 0 aliphatic carbocycles. The maximum absolute atomic E-state index is 10.0. The number of ketones is 1. The first-order valence-corrected chi connectivity index (χ1v) is 36.7. The molecule has 0 aliphatic rings. The van der Waals surface area contributed by atoms with Gasteiger partial charge in [-0.05, 0) is 71.7 Å². The van der Waals surface area contributed by atoms with E-state index in [1.807, 2.05) is 116 Å². The van der Waals surface area contributed by atoms with Gasteiger partial charge in [0.15, 0.2) is 5.78 Å². The Labute approximate surface area is 602 Å². The van der Waals surface area contributed by atoms with Crippen molar-refractivity contribution in [2.45, 2.75) is 53.8 Å². The molecular formula is C80H68Ir3N4O2S2SeSi-4. The Balaban J connectivity index is 0.000000168. The predicted octanol–water partition coefficient (Wildman–Crippen LogP) is 20.6. The van der Waals surface area contributed by atoms with Crippen LogP contribution in [0.4, 0.5) is 0 Å². The standard InChI is InChI=1S/2C19H12NS.C19H12NSe.C18H24NSi.C5H8O2.3Ir/c2*1-3-7-14(8-4-1)17-12-19-16(13-20-17)11-18(21-19)15-9-5-2-6-10-15;1-3-7-14(8-4-1)17-11-16-12-18(21-19(16)13-20-17)15-9-5-2-6-10-15;1-14(2)11-16-12-17(15-9-7-6-8-10-15)19-13-18(16)20(3,4)5;1-4(6)3-5(2)7;;;/h3*1-7,9-13H;6-9,12-14H,11H2,1-5H3;3,6H,1-2H3;;;/q4*-1;;;;. The van der Waals surface area contributed by atoms with E-state index in [2.05, 4.69) is 217 Å². The van der Waals surface area contributed by atoms with Crippen molar-refractivity contribution in [1.29, 1.82) is 0 Å². The average Bonchev–Trinajstić information content (AvgIpc) is 1.87. The Morgan fingerprint density at radius 1 is 0.484 bits per heavy atom. The number of hydrogen-bond acceptors (Lipinski definition) is 8. The second-order valence-electron chi connectivity index (χ2n) is 22.8. The number of carbonyl (C=O) groups is 1. The molecule has 0 saturated carbocycles. The van der Waals surface area contributed by atoms with Gasteiger partial charge in [-0.1, -0.05) is 118 Å². The Kier molecular flexibility index (Phi) is 28.2. The summed E-state index contributed by atoms with van der Waals surface area (Å²) in [4.78, 5) is 31.0. The number of rotatable bonds is 11. The monoisotopic (exact) mass is 1870 g/mol. The maximum Gasteiger partial charge on any atom is 0.0355 e. The molecule has 0 atom stereocenters. The number of hydrogen-bond donors (Lipinski definition) is 1. The van der Waals surface area contributed by atoms with Crippen LogP contribution in [0.3, 0.4) is 0 Å². The van der Waals surface area contributed by atoms with Crippen LogP contribution in [0.15, 0.2) is 267 Å². The SMILES string of the molecule is CC(=O)C=C(C)O.CC(C)Cc1cc(-c2[c-]cccc2)ncc1[Si](C)(C)C.[Ir].[Ir].[Ir].[c-]1ccccc1-c1cc2cc(-c3ccccc3)[se]c2cn1.[c-]1ccccc1-c1cc2sc(-c3ccccc3)cc2cn1.[c-]1ccccc1-c1cc2sc(-c3ccccc3)cc2cn1. The Bertz CT molecular complexity index is 4150. The third kappa shape index (κ3) is 20.8. The Morgan fingerprint density at radius 2 is 0.871 bits per heavy atom. The Hall–Kier alpha value is -7.31. The molecule has 0 saturated heterocycles. The van der Waals surface area contributed by atoms with Crippen LogP contribution < -0.4 is 5.19 Å². The molecule has 6 nitrogen and oxygen atoms in total. The molecule has 0 bridgehead atoms. The number of pyridine rings is 4. The zero-order chi connectivity index (χ0) is 62.8. The van der Waals surface area contributed by atoms with E-state index in [4.69, 9.17) is 5.11 Å². The van der Waals surface area contributed by atoms with Crippen molar-refractivity contribution in [2.24, 2.45) is 5.92 Å². The fraction of sp³-hybridized carbons (Fsp3) is 0.113. The van der Waals surface area contributed by atoms with Gasteiger partial charge < -0.3 is 20.1 Å². The molecule has 7 aromatic carbocycles. The Morgan fingerprint density at radius 3 is 1.25 bits per heavy atom. The molecule has 14 rings (SSSR count). The van der Waals surface area contributed by atoms with Crippen LogP contribution in [-0.2, 0) is 71.5 Å². The molecule has 0 amide bonds. The summed E-state index contributed by atoms with van der Waals surface area (Å²) in [5.41, 5.74) is 13.5. The fourth-order valence-electron chi connectivity index (χ4n) is 9.92. The van der Waals surface area contributed by atoms with Gasteiger partial charge in [0.1, 0.15) is 0 Å². The summed E-state index contributed by atoms with van der Waals surface area (Å²) in [5, 5.41) is 13.5. The van der Waals surface area contributed by atoms with Crippen molar-refractivity contribution in [1.82, 2.24) is 19.9 Å². The molecule has 0 fully saturated rings. The third-order valence-corrected chi connectivity index (χ3v) is 20.9. The molecule has 7 aromatic heterocycles. The van der Waals surface area contributed by atoms with Crippen molar-refractivity contribution in [2.75, 3.05) is 0 Å². The third-order valence-electron chi connectivity index (χ3n) is 14.2. The fourth-order valence-corrected chi connectivity index (χ4v) is 15.8. The van der Waals surface area contributed by atoms with Gasteiger partial charge in [-0.15, -0.1) is 130 Å². The normalized spacial score (nSPS) is 10.8. The predicted molar refractivity (Wildman–Crippen MR) is 384 cm³/mol. The van der Waals surface area contributed by atoms with E-state index in [1.165, 1.54) is 91.4 Å². The van der Waals surface area contributed by atoms with E-state index in [0.29, 0.717) is 20.4 Å². The molecule has 473 valence electrons. The van der Waals surface area contributed by atoms with Crippen molar-refractivity contribution < 1.29 is 70.2 Å². The van der Waals surface area contributed by atoms with E-state index in [1.54, 1.807) is 22.7 Å². The second-order valence-corrected chi connectivity index (χ2v) is 32.3. The van der Waals surface area contributed by atoms with Gasteiger partial charge in [0.2, 0.25) is 0 Å². The summed E-state index contributed by atoms with van der Waals surface area (Å²) in [6, 6.07) is 92.0. The van der Waals surface area contributed by atoms with Gasteiger partial charge in [-0.2, -0.15) is 0 Å². The molecule has 13 heteroatoms. The molecule has 93 heavy (non-hydrogen) atoms. The van der Waals surface area contributed by atoms with Gasteiger partial charge in [0.25, 0.3) is 0 Å². The van der Waals surface area contributed by atoms with Gasteiger partial charge >= 0.3 is 129 Å². The second kappa shape index (κ2) is 35.8.